The van der Waals surface area contributed by atoms with Crippen LogP contribution in [0.3, 0.4) is 0 Å². The summed E-state index contributed by atoms with van der Waals surface area (Å²) in [7, 11) is 0. The van der Waals surface area contributed by atoms with Gasteiger partial charge in [0.15, 0.2) is 0 Å². The molecule has 2 aliphatic rings. The first kappa shape index (κ1) is 11.4. The average molecular weight is 213 g/mol. The number of aliphatic hydroxyl groups is 2. The smallest absolute Gasteiger partial charge is 0.0746 e. The van der Waals surface area contributed by atoms with Gasteiger partial charge in [0, 0.05) is 12.6 Å². The van der Waals surface area contributed by atoms with Crippen molar-refractivity contribution in [3.05, 3.63) is 0 Å². The van der Waals surface area contributed by atoms with E-state index in [1.165, 1.54) is 6.42 Å². The van der Waals surface area contributed by atoms with Crippen molar-refractivity contribution in [1.82, 2.24) is 4.90 Å². The van der Waals surface area contributed by atoms with Crippen LogP contribution < -0.4 is 0 Å². The maximum Gasteiger partial charge on any atom is 0.0746 e. The molecule has 3 nitrogen and oxygen atoms in total. The zero-order valence-electron chi connectivity index (χ0n) is 9.65. The van der Waals surface area contributed by atoms with Crippen molar-refractivity contribution in [2.45, 2.75) is 63.2 Å². The quantitative estimate of drug-likeness (QED) is 0.686. The Balaban J connectivity index is 1.96. The van der Waals surface area contributed by atoms with Crippen molar-refractivity contribution in [3.63, 3.8) is 0 Å². The summed E-state index contributed by atoms with van der Waals surface area (Å²) in [5.41, 5.74) is -0.546. The molecule has 1 saturated heterocycles. The second kappa shape index (κ2) is 4.40. The lowest BCUT2D eigenvalue weighted by Crippen LogP contribution is -2.54. The van der Waals surface area contributed by atoms with Crippen molar-refractivity contribution in [2.75, 3.05) is 13.1 Å². The van der Waals surface area contributed by atoms with Crippen LogP contribution in [0, 0.1) is 0 Å². The first-order valence-electron chi connectivity index (χ1n) is 6.23. The fourth-order valence-corrected chi connectivity index (χ4v) is 3.06. The Morgan fingerprint density at radius 2 is 1.93 bits per heavy atom. The van der Waals surface area contributed by atoms with Crippen molar-refractivity contribution < 1.29 is 10.2 Å². The Morgan fingerprint density at radius 1 is 1.20 bits per heavy atom. The van der Waals surface area contributed by atoms with Gasteiger partial charge in [-0.05, 0) is 39.2 Å². The van der Waals surface area contributed by atoms with Crippen LogP contribution in [-0.2, 0) is 0 Å². The number of likely N-dealkylation sites (tertiary alicyclic amines) is 1. The van der Waals surface area contributed by atoms with Gasteiger partial charge < -0.3 is 10.2 Å². The Kier molecular flexibility index (Phi) is 3.33. The van der Waals surface area contributed by atoms with Crippen LogP contribution in [0.15, 0.2) is 0 Å². The van der Waals surface area contributed by atoms with Crippen LogP contribution >= 0.6 is 0 Å². The normalized spacial score (nSPS) is 44.2. The lowest BCUT2D eigenvalue weighted by Gasteiger charge is -2.44. The van der Waals surface area contributed by atoms with Gasteiger partial charge in [0.1, 0.15) is 0 Å². The molecule has 3 atom stereocenters. The van der Waals surface area contributed by atoms with Crippen LogP contribution in [0.4, 0.5) is 0 Å². The number of aliphatic hydroxyl groups excluding tert-OH is 1. The number of piperidine rings is 1. The number of hydrogen-bond acceptors (Lipinski definition) is 3. The highest BCUT2D eigenvalue weighted by Gasteiger charge is 2.35. The lowest BCUT2D eigenvalue weighted by atomic mass is 9.87. The van der Waals surface area contributed by atoms with Crippen molar-refractivity contribution >= 4 is 0 Å². The summed E-state index contributed by atoms with van der Waals surface area (Å²) in [5.74, 6) is 0. The molecule has 0 bridgehead atoms. The van der Waals surface area contributed by atoms with Crippen molar-refractivity contribution in [1.29, 1.82) is 0 Å². The second-order valence-corrected chi connectivity index (χ2v) is 5.49. The van der Waals surface area contributed by atoms with Crippen LogP contribution in [0.25, 0.3) is 0 Å². The molecule has 3 heteroatoms. The fraction of sp³-hybridized carbons (Fsp3) is 1.00. The summed E-state index contributed by atoms with van der Waals surface area (Å²) in [5, 5.41) is 20.0. The first-order chi connectivity index (χ1) is 7.08. The first-order valence-corrected chi connectivity index (χ1v) is 6.23. The van der Waals surface area contributed by atoms with Gasteiger partial charge in [0.05, 0.1) is 11.7 Å². The van der Waals surface area contributed by atoms with E-state index >= 15 is 0 Å². The fourth-order valence-electron chi connectivity index (χ4n) is 3.06. The van der Waals surface area contributed by atoms with E-state index in [4.69, 9.17) is 0 Å². The van der Waals surface area contributed by atoms with Crippen molar-refractivity contribution in [2.24, 2.45) is 0 Å². The molecule has 2 rings (SSSR count). The van der Waals surface area contributed by atoms with Crippen LogP contribution in [0.1, 0.15) is 45.4 Å². The molecule has 2 N–H and O–H groups in total. The molecule has 0 spiro atoms. The minimum Gasteiger partial charge on any atom is -0.391 e. The van der Waals surface area contributed by atoms with E-state index in [-0.39, 0.29) is 6.10 Å². The summed E-state index contributed by atoms with van der Waals surface area (Å²) in [4.78, 5) is 2.30. The molecule has 0 aromatic rings. The number of nitrogens with zero attached hydrogens (tertiary/aromatic N) is 1. The van der Waals surface area contributed by atoms with E-state index < -0.39 is 5.60 Å². The van der Waals surface area contributed by atoms with Gasteiger partial charge in [-0.15, -0.1) is 0 Å². The number of rotatable bonds is 1. The highest BCUT2D eigenvalue weighted by Crippen LogP contribution is 2.28. The molecule has 0 radical (unpaired) electrons. The second-order valence-electron chi connectivity index (χ2n) is 5.49. The lowest BCUT2D eigenvalue weighted by molar-refractivity contribution is -0.0621. The number of hydrogen-bond donors (Lipinski definition) is 2. The molecule has 88 valence electrons. The molecule has 15 heavy (non-hydrogen) atoms. The third-order valence-corrected chi connectivity index (χ3v) is 3.87. The maximum atomic E-state index is 10.0. The highest BCUT2D eigenvalue weighted by molar-refractivity contribution is 4.90. The molecule has 0 amide bonds. The SMILES string of the molecule is CC1(O)CCCN([C@@H]2CCCC[C@H]2O)C1. The summed E-state index contributed by atoms with van der Waals surface area (Å²) in [6.07, 6.45) is 6.18. The van der Waals surface area contributed by atoms with E-state index in [2.05, 4.69) is 4.90 Å². The zero-order valence-corrected chi connectivity index (χ0v) is 9.65. The van der Waals surface area contributed by atoms with Crippen LogP contribution in [0.2, 0.25) is 0 Å². The van der Waals surface area contributed by atoms with E-state index in [0.29, 0.717) is 6.04 Å². The third kappa shape index (κ3) is 2.71. The molecular formula is C12H23NO2. The predicted octanol–water partition coefficient (Wildman–Crippen LogP) is 1.14. The van der Waals surface area contributed by atoms with Gasteiger partial charge in [0.2, 0.25) is 0 Å². The minimum absolute atomic E-state index is 0.173. The van der Waals surface area contributed by atoms with Gasteiger partial charge in [-0.25, -0.2) is 0 Å². The van der Waals surface area contributed by atoms with E-state index in [9.17, 15) is 10.2 Å². The molecule has 1 aliphatic heterocycles. The minimum atomic E-state index is -0.546. The third-order valence-electron chi connectivity index (χ3n) is 3.87. The van der Waals surface area contributed by atoms with Gasteiger partial charge in [-0.3, -0.25) is 4.90 Å². The summed E-state index contributed by atoms with van der Waals surface area (Å²) in [6.45, 7) is 3.68. The van der Waals surface area contributed by atoms with Gasteiger partial charge in [0.25, 0.3) is 0 Å². The number of β-amino-alcohol motifs (C(OH)–C–C–N with tert-alkyl or cyclic N) is 1. The predicted molar refractivity (Wildman–Crippen MR) is 59.7 cm³/mol. The zero-order chi connectivity index (χ0) is 10.9. The van der Waals surface area contributed by atoms with Gasteiger partial charge >= 0.3 is 0 Å². The Bertz CT molecular complexity index is 218. The van der Waals surface area contributed by atoms with Crippen LogP contribution in [-0.4, -0.2) is 45.9 Å². The molecule has 0 aromatic carbocycles. The molecule has 1 unspecified atom stereocenters. The molecular weight excluding hydrogens is 190 g/mol. The molecule has 1 heterocycles. The topological polar surface area (TPSA) is 43.7 Å². The molecule has 1 aliphatic carbocycles. The molecule has 1 saturated carbocycles. The molecule has 0 aromatic heterocycles. The van der Waals surface area contributed by atoms with E-state index in [1.807, 2.05) is 6.92 Å². The summed E-state index contributed by atoms with van der Waals surface area (Å²) >= 11 is 0. The monoisotopic (exact) mass is 213 g/mol. The van der Waals surface area contributed by atoms with Gasteiger partial charge in [-0.2, -0.15) is 0 Å². The average Bonchev–Trinajstić information content (AvgIpc) is 2.17. The summed E-state index contributed by atoms with van der Waals surface area (Å²) < 4.78 is 0. The Labute approximate surface area is 92.1 Å². The Morgan fingerprint density at radius 3 is 2.60 bits per heavy atom. The molecule has 2 fully saturated rings. The highest BCUT2D eigenvalue weighted by atomic mass is 16.3. The maximum absolute atomic E-state index is 10.0. The van der Waals surface area contributed by atoms with Gasteiger partial charge in [-0.1, -0.05) is 12.8 Å². The summed E-state index contributed by atoms with van der Waals surface area (Å²) in [6, 6.07) is 0.297. The van der Waals surface area contributed by atoms with E-state index in [0.717, 1.165) is 45.2 Å². The van der Waals surface area contributed by atoms with Crippen molar-refractivity contribution in [3.8, 4) is 0 Å². The van der Waals surface area contributed by atoms with Crippen LogP contribution in [0.5, 0.6) is 0 Å². The van der Waals surface area contributed by atoms with E-state index in [1.54, 1.807) is 0 Å². The standard InChI is InChI=1S/C12H23NO2/c1-12(15)7-4-8-13(9-12)10-5-2-3-6-11(10)14/h10-11,14-15H,2-9H2,1H3/t10-,11-,12?/m1/s1. The Hall–Kier alpha value is -0.120. The largest absolute Gasteiger partial charge is 0.391 e.